The molecule has 0 saturated carbocycles. The lowest BCUT2D eigenvalue weighted by Crippen LogP contribution is -2.60. The molecule has 0 bridgehead atoms. The number of para-hydroxylation sites is 1. The second-order valence-corrected chi connectivity index (χ2v) is 8.29. The van der Waals surface area contributed by atoms with Crippen LogP contribution in [0.1, 0.15) is 5.56 Å². The summed E-state index contributed by atoms with van der Waals surface area (Å²) in [5, 5.41) is 24.0. The van der Waals surface area contributed by atoms with Gasteiger partial charge in [0.05, 0.1) is 39.1 Å². The molecule has 12 heteroatoms. The Bertz CT molecular complexity index is 1330. The largest absolute Gasteiger partial charge is 0.496 e. The van der Waals surface area contributed by atoms with E-state index >= 15 is 0 Å². The van der Waals surface area contributed by atoms with Gasteiger partial charge in [0, 0.05) is 19.7 Å². The molecular formula is C22H27N5O7. The molecule has 0 spiro atoms. The standard InChI is InChI=1S/C22H27N5O7/c1-25-20-17(21(31)26(2)22(25)32)23-11-27(20)9-15-19(30)18(29)13(10-34-15)24-16(28)8-12-6-4-5-7-14(12)33-3/h4-7,11,13,15,18-19,29-30H,8-10H2,1-3H3,(H,24,28)/t13-,15-,18+,19-/m1/s1. The Morgan fingerprint density at radius 3 is 2.68 bits per heavy atom. The number of carbonyl (C=O) groups is 1. The van der Waals surface area contributed by atoms with Crippen molar-refractivity contribution in [2.45, 2.75) is 37.3 Å². The number of nitrogens with one attached hydrogen (secondary N) is 1. The maximum Gasteiger partial charge on any atom is 0.332 e. The van der Waals surface area contributed by atoms with E-state index in [0.717, 1.165) is 4.57 Å². The van der Waals surface area contributed by atoms with Gasteiger partial charge < -0.3 is 29.6 Å². The average molecular weight is 473 g/mol. The fourth-order valence-corrected chi connectivity index (χ4v) is 4.22. The van der Waals surface area contributed by atoms with E-state index in [1.165, 1.54) is 36.7 Å². The van der Waals surface area contributed by atoms with Crippen LogP contribution in [-0.4, -0.2) is 72.9 Å². The topological polar surface area (TPSA) is 150 Å². The third kappa shape index (κ3) is 4.22. The third-order valence-corrected chi connectivity index (χ3v) is 6.11. The van der Waals surface area contributed by atoms with Crippen LogP contribution < -0.4 is 21.3 Å². The first-order valence-electron chi connectivity index (χ1n) is 10.7. The summed E-state index contributed by atoms with van der Waals surface area (Å²) in [4.78, 5) is 41.3. The minimum Gasteiger partial charge on any atom is -0.496 e. The summed E-state index contributed by atoms with van der Waals surface area (Å²) in [5.41, 5.74) is 0.0421. The van der Waals surface area contributed by atoms with Crippen LogP contribution in [0.4, 0.5) is 0 Å². The molecule has 1 aliphatic rings. The first-order chi connectivity index (χ1) is 16.2. The van der Waals surface area contributed by atoms with Crippen molar-refractivity contribution in [1.82, 2.24) is 24.0 Å². The monoisotopic (exact) mass is 473 g/mol. The Kier molecular flexibility index (Phi) is 6.55. The Morgan fingerprint density at radius 1 is 1.21 bits per heavy atom. The molecule has 2 aromatic heterocycles. The fourth-order valence-electron chi connectivity index (χ4n) is 4.22. The number of amides is 1. The molecule has 3 heterocycles. The second-order valence-electron chi connectivity index (χ2n) is 8.29. The number of aliphatic hydroxyl groups excluding tert-OH is 2. The highest BCUT2D eigenvalue weighted by atomic mass is 16.5. The highest BCUT2D eigenvalue weighted by Crippen LogP contribution is 2.21. The first-order valence-corrected chi connectivity index (χ1v) is 10.7. The van der Waals surface area contributed by atoms with Gasteiger partial charge in [0.25, 0.3) is 5.56 Å². The van der Waals surface area contributed by atoms with Crippen molar-refractivity contribution < 1.29 is 24.5 Å². The fraction of sp³-hybridized carbons (Fsp3) is 0.455. The van der Waals surface area contributed by atoms with E-state index < -0.39 is 35.6 Å². The normalized spacial score (nSPS) is 22.6. The molecule has 34 heavy (non-hydrogen) atoms. The molecular weight excluding hydrogens is 446 g/mol. The van der Waals surface area contributed by atoms with Gasteiger partial charge in [-0.25, -0.2) is 9.78 Å². The van der Waals surface area contributed by atoms with Crippen molar-refractivity contribution in [3.8, 4) is 5.75 Å². The van der Waals surface area contributed by atoms with Gasteiger partial charge >= 0.3 is 5.69 Å². The minimum atomic E-state index is -1.33. The summed E-state index contributed by atoms with van der Waals surface area (Å²) in [6, 6.07) is 6.30. The Morgan fingerprint density at radius 2 is 1.94 bits per heavy atom. The molecule has 4 rings (SSSR count). The van der Waals surface area contributed by atoms with Gasteiger partial charge in [-0.1, -0.05) is 18.2 Å². The summed E-state index contributed by atoms with van der Waals surface area (Å²) >= 11 is 0. The van der Waals surface area contributed by atoms with Crippen LogP contribution >= 0.6 is 0 Å². The number of aryl methyl sites for hydroxylation is 1. The van der Waals surface area contributed by atoms with E-state index in [-0.39, 0.29) is 36.6 Å². The minimum absolute atomic E-state index is 0.0338. The van der Waals surface area contributed by atoms with Crippen molar-refractivity contribution in [2.75, 3.05) is 13.7 Å². The van der Waals surface area contributed by atoms with Crippen LogP contribution in [0.15, 0.2) is 40.2 Å². The molecule has 4 atom stereocenters. The molecule has 3 N–H and O–H groups in total. The lowest BCUT2D eigenvalue weighted by atomic mass is 9.97. The van der Waals surface area contributed by atoms with Gasteiger partial charge in [-0.05, 0) is 6.07 Å². The molecule has 1 amide bonds. The van der Waals surface area contributed by atoms with Gasteiger partial charge in [-0.2, -0.15) is 0 Å². The number of ether oxygens (including phenoxy) is 2. The van der Waals surface area contributed by atoms with Crippen LogP contribution in [0, 0.1) is 0 Å². The number of imidazole rings is 1. The number of aromatic nitrogens is 4. The second kappa shape index (κ2) is 9.41. The molecule has 0 aliphatic carbocycles. The zero-order valence-electron chi connectivity index (χ0n) is 19.0. The quantitative estimate of drug-likeness (QED) is 0.383. The van der Waals surface area contributed by atoms with Gasteiger partial charge in [-0.15, -0.1) is 0 Å². The van der Waals surface area contributed by atoms with E-state index in [0.29, 0.717) is 11.3 Å². The smallest absolute Gasteiger partial charge is 0.332 e. The first kappa shape index (κ1) is 23.7. The van der Waals surface area contributed by atoms with Gasteiger partial charge in [0.2, 0.25) is 5.91 Å². The molecule has 0 unspecified atom stereocenters. The molecule has 12 nitrogen and oxygen atoms in total. The Balaban J connectivity index is 1.45. The van der Waals surface area contributed by atoms with Crippen molar-refractivity contribution in [3.05, 3.63) is 57.0 Å². The zero-order valence-corrected chi connectivity index (χ0v) is 19.0. The number of aliphatic hydroxyl groups is 2. The van der Waals surface area contributed by atoms with Crippen molar-refractivity contribution in [1.29, 1.82) is 0 Å². The maximum absolute atomic E-state index is 12.5. The lowest BCUT2D eigenvalue weighted by Gasteiger charge is -2.38. The Hall–Kier alpha value is -3.48. The van der Waals surface area contributed by atoms with Crippen molar-refractivity contribution in [2.24, 2.45) is 14.1 Å². The van der Waals surface area contributed by atoms with E-state index in [9.17, 15) is 24.6 Å². The molecule has 182 valence electrons. The summed E-state index contributed by atoms with van der Waals surface area (Å²) < 4.78 is 14.8. The van der Waals surface area contributed by atoms with E-state index in [2.05, 4.69) is 10.3 Å². The molecule has 3 aromatic rings. The maximum atomic E-state index is 12.5. The van der Waals surface area contributed by atoms with E-state index in [4.69, 9.17) is 9.47 Å². The molecule has 0 radical (unpaired) electrons. The summed E-state index contributed by atoms with van der Waals surface area (Å²) in [7, 11) is 4.41. The molecule has 1 aromatic carbocycles. The molecule has 1 fully saturated rings. The summed E-state index contributed by atoms with van der Waals surface area (Å²) in [6.45, 7) is 0.00490. The number of hydrogen-bond acceptors (Lipinski definition) is 8. The summed E-state index contributed by atoms with van der Waals surface area (Å²) in [6.07, 6.45) is -2.04. The van der Waals surface area contributed by atoms with Crippen LogP contribution in [0.3, 0.4) is 0 Å². The number of nitrogens with zero attached hydrogens (tertiary/aromatic N) is 4. The SMILES string of the molecule is COc1ccccc1CC(=O)N[C@@H]1CO[C@H](Cn2cnc3c(=O)n(C)c(=O)n(C)c32)[C@@H](O)[C@H]1O. The predicted octanol–water partition coefficient (Wildman–Crippen LogP) is -1.71. The molecule has 1 aliphatic heterocycles. The average Bonchev–Trinajstić information content (AvgIpc) is 3.25. The van der Waals surface area contributed by atoms with E-state index in [1.807, 2.05) is 0 Å². The van der Waals surface area contributed by atoms with Crippen molar-refractivity contribution >= 4 is 17.1 Å². The van der Waals surface area contributed by atoms with Gasteiger partial charge in [0.15, 0.2) is 5.52 Å². The summed E-state index contributed by atoms with van der Waals surface area (Å²) in [5.74, 6) is 0.226. The van der Waals surface area contributed by atoms with Crippen LogP contribution in [0.25, 0.3) is 11.2 Å². The van der Waals surface area contributed by atoms with Gasteiger partial charge in [-0.3, -0.25) is 18.7 Å². The number of rotatable bonds is 6. The lowest BCUT2D eigenvalue weighted by molar-refractivity contribution is -0.158. The Labute approximate surface area is 194 Å². The van der Waals surface area contributed by atoms with Crippen LogP contribution in [-0.2, 0) is 36.6 Å². The number of methoxy groups -OCH3 is 1. The van der Waals surface area contributed by atoms with E-state index in [1.54, 1.807) is 24.3 Å². The number of carbonyl (C=O) groups excluding carboxylic acids is 1. The van der Waals surface area contributed by atoms with Crippen molar-refractivity contribution in [3.63, 3.8) is 0 Å². The van der Waals surface area contributed by atoms with Crippen LogP contribution in [0.5, 0.6) is 5.75 Å². The number of fused-ring (bicyclic) bond motifs is 1. The third-order valence-electron chi connectivity index (χ3n) is 6.11. The predicted molar refractivity (Wildman–Crippen MR) is 121 cm³/mol. The zero-order chi connectivity index (χ0) is 24.6. The van der Waals surface area contributed by atoms with Gasteiger partial charge in [0.1, 0.15) is 29.7 Å². The highest BCUT2D eigenvalue weighted by Gasteiger charge is 2.39. The molecule has 1 saturated heterocycles. The van der Waals surface area contributed by atoms with Crippen LogP contribution in [0.2, 0.25) is 0 Å². The highest BCUT2D eigenvalue weighted by molar-refractivity contribution is 5.79. The number of hydrogen-bond donors (Lipinski definition) is 3. The number of benzene rings is 1.